The van der Waals surface area contributed by atoms with Crippen molar-refractivity contribution in [3.63, 3.8) is 0 Å². The molecule has 94 valence electrons. The predicted octanol–water partition coefficient (Wildman–Crippen LogP) is 2.07. The summed E-state index contributed by atoms with van der Waals surface area (Å²) in [6.07, 6.45) is 0. The van der Waals surface area contributed by atoms with E-state index in [9.17, 15) is 4.39 Å². The molecule has 0 unspecified atom stereocenters. The molecule has 0 radical (unpaired) electrons. The Morgan fingerprint density at radius 1 is 1.44 bits per heavy atom. The maximum atomic E-state index is 14.2. The Labute approximate surface area is 111 Å². The van der Waals surface area contributed by atoms with Crippen molar-refractivity contribution in [3.8, 4) is 5.69 Å². The van der Waals surface area contributed by atoms with Gasteiger partial charge in [-0.3, -0.25) is 5.41 Å². The van der Waals surface area contributed by atoms with Crippen molar-refractivity contribution in [2.24, 2.45) is 5.73 Å². The summed E-state index contributed by atoms with van der Waals surface area (Å²) in [6.45, 7) is 3.48. The van der Waals surface area contributed by atoms with Gasteiger partial charge in [0, 0.05) is 5.56 Å². The lowest BCUT2D eigenvalue weighted by molar-refractivity contribution is 0.601. The molecule has 1 aromatic heterocycles. The van der Waals surface area contributed by atoms with Crippen LogP contribution in [0.4, 0.5) is 4.39 Å². The van der Waals surface area contributed by atoms with E-state index in [1.54, 1.807) is 19.9 Å². The van der Waals surface area contributed by atoms with Crippen molar-refractivity contribution in [2.45, 2.75) is 13.8 Å². The van der Waals surface area contributed by atoms with Crippen LogP contribution in [0.1, 0.15) is 17.2 Å². The zero-order valence-electron chi connectivity index (χ0n) is 9.83. The van der Waals surface area contributed by atoms with Crippen molar-refractivity contribution >= 4 is 21.8 Å². The third kappa shape index (κ3) is 2.01. The topological polar surface area (TPSA) is 80.6 Å². The SMILES string of the molecule is Cc1nc(C)n(-c2ccc(C(=N)N)c(Br)c2F)n1. The minimum absolute atomic E-state index is 0.153. The highest BCUT2D eigenvalue weighted by atomic mass is 79.9. The monoisotopic (exact) mass is 311 g/mol. The lowest BCUT2D eigenvalue weighted by Gasteiger charge is -2.09. The summed E-state index contributed by atoms with van der Waals surface area (Å²) >= 11 is 3.10. The summed E-state index contributed by atoms with van der Waals surface area (Å²) in [7, 11) is 0. The fraction of sp³-hybridized carbons (Fsp3) is 0.182. The number of aryl methyl sites for hydroxylation is 2. The Morgan fingerprint density at radius 3 is 2.61 bits per heavy atom. The molecule has 5 nitrogen and oxygen atoms in total. The molecule has 0 amide bonds. The molecule has 3 N–H and O–H groups in total. The summed E-state index contributed by atoms with van der Waals surface area (Å²) in [4.78, 5) is 4.12. The molecule has 0 atom stereocenters. The standard InChI is InChI=1S/C11H11BrFN5/c1-5-16-6(2)18(17-5)8-4-3-7(11(14)15)9(12)10(8)13/h3-4H,1-2H3,(H3,14,15). The van der Waals surface area contributed by atoms with Crippen molar-refractivity contribution < 1.29 is 4.39 Å². The van der Waals surface area contributed by atoms with E-state index in [1.165, 1.54) is 10.7 Å². The number of rotatable bonds is 2. The number of hydrogen-bond donors (Lipinski definition) is 2. The van der Waals surface area contributed by atoms with E-state index in [2.05, 4.69) is 26.0 Å². The molecular formula is C11H11BrFN5. The number of nitrogen functional groups attached to an aromatic ring is 1. The maximum absolute atomic E-state index is 14.2. The van der Waals surface area contributed by atoms with Gasteiger partial charge in [0.15, 0.2) is 5.82 Å². The van der Waals surface area contributed by atoms with E-state index in [1.807, 2.05) is 0 Å². The van der Waals surface area contributed by atoms with Gasteiger partial charge in [-0.15, -0.1) is 0 Å². The van der Waals surface area contributed by atoms with Crippen LogP contribution in [0.25, 0.3) is 5.69 Å². The molecule has 7 heteroatoms. The molecule has 0 saturated heterocycles. The van der Waals surface area contributed by atoms with Gasteiger partial charge in [-0.05, 0) is 41.9 Å². The number of hydrogen-bond acceptors (Lipinski definition) is 3. The van der Waals surface area contributed by atoms with Crippen LogP contribution in [0.15, 0.2) is 16.6 Å². The van der Waals surface area contributed by atoms with Gasteiger partial charge in [0.1, 0.15) is 23.2 Å². The van der Waals surface area contributed by atoms with Gasteiger partial charge in [0.25, 0.3) is 0 Å². The second-order valence-corrected chi connectivity index (χ2v) is 4.58. The number of benzene rings is 1. The molecule has 0 saturated carbocycles. The highest BCUT2D eigenvalue weighted by Crippen LogP contribution is 2.26. The lowest BCUT2D eigenvalue weighted by atomic mass is 10.2. The Morgan fingerprint density at radius 2 is 2.11 bits per heavy atom. The fourth-order valence-corrected chi connectivity index (χ4v) is 2.21. The normalized spacial score (nSPS) is 10.7. The number of nitrogens with one attached hydrogen (secondary N) is 1. The first-order valence-corrected chi connectivity index (χ1v) is 5.94. The summed E-state index contributed by atoms with van der Waals surface area (Å²) in [5.41, 5.74) is 5.94. The molecule has 1 heterocycles. The number of halogens is 2. The van der Waals surface area contributed by atoms with Crippen LogP contribution < -0.4 is 5.73 Å². The number of amidine groups is 1. The van der Waals surface area contributed by atoms with Crippen LogP contribution in [0.3, 0.4) is 0 Å². The zero-order chi connectivity index (χ0) is 13.4. The molecule has 1 aromatic carbocycles. The first-order valence-electron chi connectivity index (χ1n) is 5.15. The predicted molar refractivity (Wildman–Crippen MR) is 69.5 cm³/mol. The van der Waals surface area contributed by atoms with Crippen molar-refractivity contribution in [3.05, 3.63) is 39.6 Å². The third-order valence-corrected chi connectivity index (χ3v) is 3.23. The Bertz CT molecular complexity index is 635. The summed E-state index contributed by atoms with van der Waals surface area (Å²) in [6, 6.07) is 3.10. The van der Waals surface area contributed by atoms with E-state index in [-0.39, 0.29) is 16.0 Å². The first-order chi connectivity index (χ1) is 8.41. The Hall–Kier alpha value is -1.76. The molecule has 0 bridgehead atoms. The van der Waals surface area contributed by atoms with Crippen molar-refractivity contribution in [1.82, 2.24) is 14.8 Å². The van der Waals surface area contributed by atoms with Crippen molar-refractivity contribution in [2.75, 3.05) is 0 Å². The van der Waals surface area contributed by atoms with Crippen molar-refractivity contribution in [1.29, 1.82) is 5.41 Å². The van der Waals surface area contributed by atoms with Gasteiger partial charge in [0.05, 0.1) is 4.47 Å². The van der Waals surface area contributed by atoms with Gasteiger partial charge in [-0.2, -0.15) is 5.10 Å². The fourth-order valence-electron chi connectivity index (χ4n) is 1.66. The second-order valence-electron chi connectivity index (χ2n) is 3.79. The molecule has 0 fully saturated rings. The summed E-state index contributed by atoms with van der Waals surface area (Å²) < 4.78 is 15.8. The average Bonchev–Trinajstić information content (AvgIpc) is 2.61. The average molecular weight is 312 g/mol. The molecule has 18 heavy (non-hydrogen) atoms. The zero-order valence-corrected chi connectivity index (χ0v) is 11.4. The van der Waals surface area contributed by atoms with Gasteiger partial charge < -0.3 is 5.73 Å². The molecule has 2 rings (SSSR count). The Balaban J connectivity index is 2.64. The van der Waals surface area contributed by atoms with Crippen LogP contribution in [0.5, 0.6) is 0 Å². The number of aromatic nitrogens is 3. The molecule has 0 aliphatic rings. The minimum atomic E-state index is -0.518. The van der Waals surface area contributed by atoms with Crippen LogP contribution in [0, 0.1) is 25.1 Å². The molecular weight excluding hydrogens is 301 g/mol. The van der Waals surface area contributed by atoms with E-state index in [0.717, 1.165) is 0 Å². The van der Waals surface area contributed by atoms with Crippen LogP contribution in [0.2, 0.25) is 0 Å². The third-order valence-electron chi connectivity index (χ3n) is 2.46. The quantitative estimate of drug-likeness (QED) is 0.658. The second kappa shape index (κ2) is 4.49. The first kappa shape index (κ1) is 12.7. The smallest absolute Gasteiger partial charge is 0.163 e. The van der Waals surface area contributed by atoms with Crippen LogP contribution >= 0.6 is 15.9 Å². The lowest BCUT2D eigenvalue weighted by Crippen LogP contribution is -2.14. The summed E-state index contributed by atoms with van der Waals surface area (Å²) in [5, 5.41) is 11.5. The highest BCUT2D eigenvalue weighted by molar-refractivity contribution is 9.10. The van der Waals surface area contributed by atoms with Gasteiger partial charge >= 0.3 is 0 Å². The van der Waals surface area contributed by atoms with Gasteiger partial charge in [-0.25, -0.2) is 14.1 Å². The molecule has 0 aliphatic heterocycles. The number of nitrogens with zero attached hydrogens (tertiary/aromatic N) is 3. The summed E-state index contributed by atoms with van der Waals surface area (Å²) in [5.74, 6) is 0.446. The van der Waals surface area contributed by atoms with Gasteiger partial charge in [0.2, 0.25) is 0 Å². The Kier molecular flexibility index (Phi) is 3.16. The number of nitrogens with two attached hydrogens (primary N) is 1. The minimum Gasteiger partial charge on any atom is -0.384 e. The van der Waals surface area contributed by atoms with E-state index in [4.69, 9.17) is 11.1 Å². The van der Waals surface area contributed by atoms with Crippen LogP contribution in [-0.2, 0) is 0 Å². The van der Waals surface area contributed by atoms with Gasteiger partial charge in [-0.1, -0.05) is 0 Å². The molecule has 0 aliphatic carbocycles. The molecule has 2 aromatic rings. The highest BCUT2D eigenvalue weighted by Gasteiger charge is 2.16. The van der Waals surface area contributed by atoms with E-state index < -0.39 is 5.82 Å². The maximum Gasteiger partial charge on any atom is 0.163 e. The van der Waals surface area contributed by atoms with E-state index >= 15 is 0 Å². The van der Waals surface area contributed by atoms with E-state index in [0.29, 0.717) is 17.2 Å². The largest absolute Gasteiger partial charge is 0.384 e. The van der Waals surface area contributed by atoms with Crippen LogP contribution in [-0.4, -0.2) is 20.6 Å². The molecule has 0 spiro atoms.